The number of halogens is 1. The Kier molecular flexibility index (Phi) is 4.52. The molecule has 0 aromatic heterocycles. The van der Waals surface area contributed by atoms with E-state index in [9.17, 15) is 9.18 Å². The molecule has 1 aliphatic rings. The fourth-order valence-electron chi connectivity index (χ4n) is 3.17. The third kappa shape index (κ3) is 3.35. The van der Waals surface area contributed by atoms with Gasteiger partial charge in [0.2, 0.25) is 5.91 Å². The van der Waals surface area contributed by atoms with Crippen molar-refractivity contribution in [1.82, 2.24) is 4.90 Å². The highest BCUT2D eigenvalue weighted by atomic mass is 19.1. The number of amides is 1. The van der Waals surface area contributed by atoms with Gasteiger partial charge < -0.3 is 4.90 Å². The SMILES string of the molecule is O=C(Cc1ccccc1F)N1CCCC1Cc1ccccc1. The van der Waals surface area contributed by atoms with Crippen LogP contribution in [0.2, 0.25) is 0 Å². The second-order valence-corrected chi connectivity index (χ2v) is 5.84. The number of hydrogen-bond donors (Lipinski definition) is 0. The molecule has 114 valence electrons. The first-order chi connectivity index (χ1) is 10.7. The molecule has 1 aliphatic heterocycles. The minimum atomic E-state index is -0.297. The average molecular weight is 297 g/mol. The molecule has 0 aliphatic carbocycles. The summed E-state index contributed by atoms with van der Waals surface area (Å²) in [6, 6.07) is 17.0. The highest BCUT2D eigenvalue weighted by Gasteiger charge is 2.28. The molecule has 0 bridgehead atoms. The van der Waals surface area contributed by atoms with Crippen LogP contribution < -0.4 is 0 Å². The molecule has 1 fully saturated rings. The Balaban J connectivity index is 1.67. The van der Waals surface area contributed by atoms with E-state index in [0.29, 0.717) is 5.56 Å². The van der Waals surface area contributed by atoms with E-state index in [1.165, 1.54) is 11.6 Å². The first-order valence-electron chi connectivity index (χ1n) is 7.81. The molecule has 0 radical (unpaired) electrons. The summed E-state index contributed by atoms with van der Waals surface area (Å²) < 4.78 is 13.7. The Morgan fingerprint density at radius 3 is 2.59 bits per heavy atom. The van der Waals surface area contributed by atoms with Crippen LogP contribution >= 0.6 is 0 Å². The van der Waals surface area contributed by atoms with Gasteiger partial charge in [0.25, 0.3) is 0 Å². The third-order valence-corrected chi connectivity index (χ3v) is 4.31. The van der Waals surface area contributed by atoms with Crippen LogP contribution in [0.25, 0.3) is 0 Å². The van der Waals surface area contributed by atoms with E-state index >= 15 is 0 Å². The lowest BCUT2D eigenvalue weighted by Gasteiger charge is -2.25. The molecular formula is C19H20FNO. The number of benzene rings is 2. The van der Waals surface area contributed by atoms with Gasteiger partial charge in [0.15, 0.2) is 0 Å². The number of likely N-dealkylation sites (tertiary alicyclic amines) is 1. The summed E-state index contributed by atoms with van der Waals surface area (Å²) in [7, 11) is 0. The molecule has 1 amide bonds. The predicted octanol–water partition coefficient (Wildman–Crippen LogP) is 3.60. The van der Waals surface area contributed by atoms with Crippen LogP contribution in [-0.4, -0.2) is 23.4 Å². The van der Waals surface area contributed by atoms with Crippen molar-refractivity contribution in [2.75, 3.05) is 6.54 Å². The summed E-state index contributed by atoms with van der Waals surface area (Å²) in [6.45, 7) is 0.783. The van der Waals surface area contributed by atoms with Gasteiger partial charge in [-0.3, -0.25) is 4.79 Å². The maximum atomic E-state index is 13.7. The van der Waals surface area contributed by atoms with Gasteiger partial charge in [-0.2, -0.15) is 0 Å². The Bertz CT molecular complexity index is 641. The zero-order chi connectivity index (χ0) is 15.4. The summed E-state index contributed by atoms with van der Waals surface area (Å²) >= 11 is 0. The van der Waals surface area contributed by atoms with Gasteiger partial charge >= 0.3 is 0 Å². The first kappa shape index (κ1) is 14.8. The lowest BCUT2D eigenvalue weighted by atomic mass is 10.0. The molecule has 22 heavy (non-hydrogen) atoms. The molecule has 0 N–H and O–H groups in total. The minimum absolute atomic E-state index is 0.0310. The van der Waals surface area contributed by atoms with Crippen molar-refractivity contribution < 1.29 is 9.18 Å². The highest BCUT2D eigenvalue weighted by molar-refractivity contribution is 5.79. The van der Waals surface area contributed by atoms with Crippen LogP contribution in [0, 0.1) is 5.82 Å². The summed E-state index contributed by atoms with van der Waals surface area (Å²) in [4.78, 5) is 14.5. The fourth-order valence-corrected chi connectivity index (χ4v) is 3.17. The molecule has 3 heteroatoms. The van der Waals surface area contributed by atoms with E-state index < -0.39 is 0 Å². The number of nitrogens with zero attached hydrogens (tertiary/aromatic N) is 1. The van der Waals surface area contributed by atoms with Gasteiger partial charge in [-0.1, -0.05) is 48.5 Å². The topological polar surface area (TPSA) is 20.3 Å². The molecule has 3 rings (SSSR count). The minimum Gasteiger partial charge on any atom is -0.339 e. The molecule has 0 spiro atoms. The van der Waals surface area contributed by atoms with Crippen molar-refractivity contribution in [1.29, 1.82) is 0 Å². The Morgan fingerprint density at radius 1 is 1.09 bits per heavy atom. The van der Waals surface area contributed by atoms with Crippen LogP contribution in [0.5, 0.6) is 0 Å². The molecule has 2 aromatic rings. The Morgan fingerprint density at radius 2 is 1.82 bits per heavy atom. The summed E-state index contributed by atoms with van der Waals surface area (Å²) in [6.07, 6.45) is 3.08. The van der Waals surface area contributed by atoms with Gasteiger partial charge in [0, 0.05) is 12.6 Å². The quantitative estimate of drug-likeness (QED) is 0.844. The van der Waals surface area contributed by atoms with E-state index in [1.807, 2.05) is 23.1 Å². The Hall–Kier alpha value is -2.16. The van der Waals surface area contributed by atoms with Crippen LogP contribution in [0.4, 0.5) is 4.39 Å². The molecule has 1 atom stereocenters. The summed E-state index contributed by atoms with van der Waals surface area (Å²) in [5.74, 6) is -0.266. The van der Waals surface area contributed by atoms with E-state index in [2.05, 4.69) is 12.1 Å². The first-order valence-corrected chi connectivity index (χ1v) is 7.81. The zero-order valence-electron chi connectivity index (χ0n) is 12.5. The maximum Gasteiger partial charge on any atom is 0.227 e. The molecule has 0 saturated carbocycles. The molecule has 1 unspecified atom stereocenters. The molecule has 2 nitrogen and oxygen atoms in total. The van der Waals surface area contributed by atoms with Crippen LogP contribution in [0.1, 0.15) is 24.0 Å². The largest absolute Gasteiger partial charge is 0.339 e. The number of carbonyl (C=O) groups excluding carboxylic acids is 1. The lowest BCUT2D eigenvalue weighted by Crippen LogP contribution is -2.37. The van der Waals surface area contributed by atoms with E-state index in [-0.39, 0.29) is 24.2 Å². The van der Waals surface area contributed by atoms with Gasteiger partial charge in [-0.15, -0.1) is 0 Å². The second-order valence-electron chi connectivity index (χ2n) is 5.84. The van der Waals surface area contributed by atoms with Gasteiger partial charge in [0.05, 0.1) is 6.42 Å². The van der Waals surface area contributed by atoms with Gasteiger partial charge in [-0.05, 0) is 36.5 Å². The van der Waals surface area contributed by atoms with E-state index in [1.54, 1.807) is 18.2 Å². The molecule has 1 heterocycles. The monoisotopic (exact) mass is 297 g/mol. The van der Waals surface area contributed by atoms with Crippen molar-refractivity contribution in [3.63, 3.8) is 0 Å². The van der Waals surface area contributed by atoms with Crippen molar-refractivity contribution in [3.8, 4) is 0 Å². The normalized spacial score (nSPS) is 17.7. The van der Waals surface area contributed by atoms with Crippen molar-refractivity contribution in [2.24, 2.45) is 0 Å². The van der Waals surface area contributed by atoms with Crippen LogP contribution in [0.15, 0.2) is 54.6 Å². The third-order valence-electron chi connectivity index (χ3n) is 4.31. The fraction of sp³-hybridized carbons (Fsp3) is 0.316. The van der Waals surface area contributed by atoms with Crippen molar-refractivity contribution in [3.05, 3.63) is 71.5 Å². The Labute approximate surface area is 130 Å². The molecule has 1 saturated heterocycles. The van der Waals surface area contributed by atoms with E-state index in [0.717, 1.165) is 25.8 Å². The van der Waals surface area contributed by atoms with Crippen LogP contribution in [0.3, 0.4) is 0 Å². The maximum absolute atomic E-state index is 13.7. The molecule has 2 aromatic carbocycles. The highest BCUT2D eigenvalue weighted by Crippen LogP contribution is 2.22. The number of hydrogen-bond acceptors (Lipinski definition) is 1. The zero-order valence-corrected chi connectivity index (χ0v) is 12.5. The van der Waals surface area contributed by atoms with Gasteiger partial charge in [0.1, 0.15) is 5.82 Å². The summed E-state index contributed by atoms with van der Waals surface area (Å²) in [5.41, 5.74) is 1.73. The predicted molar refractivity (Wildman–Crippen MR) is 85.0 cm³/mol. The second kappa shape index (κ2) is 6.73. The van der Waals surface area contributed by atoms with Gasteiger partial charge in [-0.25, -0.2) is 4.39 Å². The van der Waals surface area contributed by atoms with E-state index in [4.69, 9.17) is 0 Å². The average Bonchev–Trinajstić information content (AvgIpc) is 2.99. The summed E-state index contributed by atoms with van der Waals surface area (Å²) in [5, 5.41) is 0. The van der Waals surface area contributed by atoms with Crippen molar-refractivity contribution in [2.45, 2.75) is 31.7 Å². The number of rotatable bonds is 4. The lowest BCUT2D eigenvalue weighted by molar-refractivity contribution is -0.131. The number of carbonyl (C=O) groups is 1. The smallest absolute Gasteiger partial charge is 0.227 e. The standard InChI is InChI=1S/C19H20FNO/c20-18-11-5-4-9-16(18)14-19(22)21-12-6-10-17(21)13-15-7-2-1-3-8-15/h1-5,7-9,11,17H,6,10,12-14H2. The molecular weight excluding hydrogens is 277 g/mol. The van der Waals surface area contributed by atoms with Crippen molar-refractivity contribution >= 4 is 5.91 Å². The van der Waals surface area contributed by atoms with Crippen LogP contribution in [-0.2, 0) is 17.6 Å².